The first-order valence-electron chi connectivity index (χ1n) is 4.34. The molecular weight excluding hydrogens is 140 g/mol. The van der Waals surface area contributed by atoms with Crippen molar-refractivity contribution >= 4 is 5.91 Å². The summed E-state index contributed by atoms with van der Waals surface area (Å²) in [7, 11) is 0. The van der Waals surface area contributed by atoms with Crippen LogP contribution in [0.25, 0.3) is 0 Å². The van der Waals surface area contributed by atoms with Gasteiger partial charge < -0.3 is 5.73 Å². The van der Waals surface area contributed by atoms with Crippen LogP contribution in [-0.4, -0.2) is 29.4 Å². The number of nitrogens with zero attached hydrogens (tertiary/aromatic N) is 1. The molecule has 3 nitrogen and oxygen atoms in total. The van der Waals surface area contributed by atoms with Crippen molar-refractivity contribution in [3.05, 3.63) is 0 Å². The molecule has 1 amide bonds. The van der Waals surface area contributed by atoms with Crippen LogP contribution in [0.5, 0.6) is 0 Å². The van der Waals surface area contributed by atoms with Gasteiger partial charge in [-0.15, -0.1) is 0 Å². The molecule has 62 valence electrons. The topological polar surface area (TPSA) is 46.3 Å². The van der Waals surface area contributed by atoms with Gasteiger partial charge in [-0.05, 0) is 32.2 Å². The summed E-state index contributed by atoms with van der Waals surface area (Å²) in [4.78, 5) is 13.2. The largest absolute Gasteiger partial charge is 0.368 e. The molecule has 1 saturated heterocycles. The summed E-state index contributed by atoms with van der Waals surface area (Å²) in [6, 6.07) is 0.748. The average molecular weight is 154 g/mol. The van der Waals surface area contributed by atoms with Crippen molar-refractivity contribution in [1.82, 2.24) is 4.90 Å². The van der Waals surface area contributed by atoms with E-state index in [1.165, 1.54) is 12.8 Å². The van der Waals surface area contributed by atoms with Crippen LogP contribution in [0.2, 0.25) is 0 Å². The number of primary amides is 1. The van der Waals surface area contributed by atoms with Crippen molar-refractivity contribution < 1.29 is 4.79 Å². The molecule has 0 bridgehead atoms. The Labute approximate surface area is 66.5 Å². The van der Waals surface area contributed by atoms with E-state index in [1.807, 2.05) is 0 Å². The lowest BCUT2D eigenvalue weighted by atomic mass is 10.2. The SMILES string of the molecule is NC(=O)[C@@H]1CCCN1C1CC1. The van der Waals surface area contributed by atoms with E-state index >= 15 is 0 Å². The van der Waals surface area contributed by atoms with E-state index in [4.69, 9.17) is 5.73 Å². The highest BCUT2D eigenvalue weighted by molar-refractivity contribution is 5.80. The average Bonchev–Trinajstić information content (AvgIpc) is 2.68. The zero-order chi connectivity index (χ0) is 7.84. The van der Waals surface area contributed by atoms with Crippen LogP contribution in [-0.2, 0) is 4.79 Å². The fourth-order valence-electron chi connectivity index (χ4n) is 1.94. The molecule has 2 rings (SSSR count). The molecule has 2 aliphatic rings. The monoisotopic (exact) mass is 154 g/mol. The second-order valence-electron chi connectivity index (χ2n) is 3.53. The summed E-state index contributed by atoms with van der Waals surface area (Å²) < 4.78 is 0. The Morgan fingerprint density at radius 3 is 2.64 bits per heavy atom. The number of amides is 1. The van der Waals surface area contributed by atoms with Gasteiger partial charge in [0.1, 0.15) is 0 Å². The summed E-state index contributed by atoms with van der Waals surface area (Å²) in [5, 5.41) is 0. The third kappa shape index (κ3) is 1.25. The number of rotatable bonds is 2. The van der Waals surface area contributed by atoms with Crippen molar-refractivity contribution in [3.8, 4) is 0 Å². The van der Waals surface area contributed by atoms with Gasteiger partial charge in [0.15, 0.2) is 0 Å². The predicted molar refractivity (Wildman–Crippen MR) is 41.9 cm³/mol. The van der Waals surface area contributed by atoms with Crippen molar-refractivity contribution in [1.29, 1.82) is 0 Å². The van der Waals surface area contributed by atoms with Crippen LogP contribution in [0.3, 0.4) is 0 Å². The van der Waals surface area contributed by atoms with Crippen molar-refractivity contribution in [3.63, 3.8) is 0 Å². The maximum Gasteiger partial charge on any atom is 0.234 e. The number of carbonyl (C=O) groups is 1. The highest BCUT2D eigenvalue weighted by Gasteiger charge is 2.38. The normalized spacial score (nSPS) is 32.5. The lowest BCUT2D eigenvalue weighted by Crippen LogP contribution is -2.41. The van der Waals surface area contributed by atoms with Gasteiger partial charge in [-0.1, -0.05) is 0 Å². The van der Waals surface area contributed by atoms with Gasteiger partial charge in [-0.25, -0.2) is 0 Å². The first kappa shape index (κ1) is 7.10. The van der Waals surface area contributed by atoms with Crippen molar-refractivity contribution in [2.45, 2.75) is 37.8 Å². The summed E-state index contributed by atoms with van der Waals surface area (Å²) in [6.07, 6.45) is 4.66. The van der Waals surface area contributed by atoms with E-state index in [-0.39, 0.29) is 11.9 Å². The molecule has 11 heavy (non-hydrogen) atoms. The molecule has 0 aromatic carbocycles. The van der Waals surface area contributed by atoms with E-state index in [9.17, 15) is 4.79 Å². The number of nitrogens with two attached hydrogens (primary N) is 1. The second-order valence-corrected chi connectivity index (χ2v) is 3.53. The van der Waals surface area contributed by atoms with Crippen molar-refractivity contribution in [2.75, 3.05) is 6.54 Å². The fourth-order valence-corrected chi connectivity index (χ4v) is 1.94. The maximum atomic E-state index is 10.9. The predicted octanol–water partition coefficient (Wildman–Crippen LogP) is 0.0985. The van der Waals surface area contributed by atoms with Crippen LogP contribution in [0.1, 0.15) is 25.7 Å². The smallest absolute Gasteiger partial charge is 0.234 e. The molecule has 2 N–H and O–H groups in total. The maximum absolute atomic E-state index is 10.9. The highest BCUT2D eigenvalue weighted by Crippen LogP contribution is 2.32. The van der Waals surface area contributed by atoms with Gasteiger partial charge in [-0.2, -0.15) is 0 Å². The lowest BCUT2D eigenvalue weighted by molar-refractivity contribution is -0.122. The Kier molecular flexibility index (Phi) is 1.60. The molecule has 3 heteroatoms. The molecule has 1 aliphatic heterocycles. The van der Waals surface area contributed by atoms with Gasteiger partial charge in [0.05, 0.1) is 6.04 Å². The lowest BCUT2D eigenvalue weighted by Gasteiger charge is -2.20. The Hall–Kier alpha value is -0.570. The Bertz CT molecular complexity index is 177. The molecule has 0 aromatic rings. The van der Waals surface area contributed by atoms with Gasteiger partial charge in [0, 0.05) is 6.04 Å². The molecular formula is C8H14N2O. The summed E-state index contributed by atoms with van der Waals surface area (Å²) in [5.74, 6) is -0.130. The standard InChI is InChI=1S/C8H14N2O/c9-8(11)7-2-1-5-10(7)6-3-4-6/h6-7H,1-5H2,(H2,9,11)/t7-/m0/s1. The van der Waals surface area contributed by atoms with Crippen LogP contribution in [0.15, 0.2) is 0 Å². The van der Waals surface area contributed by atoms with Crippen LogP contribution >= 0.6 is 0 Å². The Morgan fingerprint density at radius 1 is 1.36 bits per heavy atom. The molecule has 1 aliphatic carbocycles. The van der Waals surface area contributed by atoms with Crippen LogP contribution in [0.4, 0.5) is 0 Å². The van der Waals surface area contributed by atoms with Gasteiger partial charge >= 0.3 is 0 Å². The van der Waals surface area contributed by atoms with E-state index in [0.29, 0.717) is 6.04 Å². The molecule has 2 fully saturated rings. The zero-order valence-electron chi connectivity index (χ0n) is 6.62. The minimum Gasteiger partial charge on any atom is -0.368 e. The van der Waals surface area contributed by atoms with Crippen molar-refractivity contribution in [2.24, 2.45) is 5.73 Å². The van der Waals surface area contributed by atoms with Crippen LogP contribution in [0, 0.1) is 0 Å². The molecule has 1 saturated carbocycles. The Morgan fingerprint density at radius 2 is 2.09 bits per heavy atom. The zero-order valence-corrected chi connectivity index (χ0v) is 6.62. The van der Waals surface area contributed by atoms with E-state index in [2.05, 4.69) is 4.90 Å². The molecule has 0 spiro atoms. The molecule has 0 radical (unpaired) electrons. The molecule has 1 heterocycles. The fraction of sp³-hybridized carbons (Fsp3) is 0.875. The Balaban J connectivity index is 2.01. The van der Waals surface area contributed by atoms with E-state index < -0.39 is 0 Å². The molecule has 1 atom stereocenters. The summed E-state index contributed by atoms with van der Waals surface area (Å²) >= 11 is 0. The third-order valence-corrected chi connectivity index (χ3v) is 2.64. The first-order valence-corrected chi connectivity index (χ1v) is 4.34. The van der Waals surface area contributed by atoms with Gasteiger partial charge in [0.25, 0.3) is 0 Å². The van der Waals surface area contributed by atoms with Gasteiger partial charge in [0.2, 0.25) is 5.91 Å². The van der Waals surface area contributed by atoms with Crippen LogP contribution < -0.4 is 5.73 Å². The molecule has 0 aromatic heterocycles. The third-order valence-electron chi connectivity index (χ3n) is 2.64. The van der Waals surface area contributed by atoms with E-state index in [1.54, 1.807) is 0 Å². The number of carbonyl (C=O) groups excluding carboxylic acids is 1. The molecule has 0 unspecified atom stereocenters. The number of likely N-dealkylation sites (tertiary alicyclic amines) is 1. The summed E-state index contributed by atoms with van der Waals surface area (Å²) in [5.41, 5.74) is 5.27. The minimum absolute atomic E-state index is 0.0579. The summed E-state index contributed by atoms with van der Waals surface area (Å²) in [6.45, 7) is 1.08. The minimum atomic E-state index is -0.130. The highest BCUT2D eigenvalue weighted by atomic mass is 16.1. The second kappa shape index (κ2) is 2.48. The van der Waals surface area contributed by atoms with E-state index in [0.717, 1.165) is 19.4 Å². The number of hydrogen-bond acceptors (Lipinski definition) is 2. The van der Waals surface area contributed by atoms with Gasteiger partial charge in [-0.3, -0.25) is 9.69 Å². The number of hydrogen-bond donors (Lipinski definition) is 1. The first-order chi connectivity index (χ1) is 5.29. The quantitative estimate of drug-likeness (QED) is 0.613.